The summed E-state index contributed by atoms with van der Waals surface area (Å²) in [5.41, 5.74) is 6.79. The molecule has 2 N–H and O–H groups in total. The van der Waals surface area contributed by atoms with Gasteiger partial charge in [0, 0.05) is 6.07 Å². The van der Waals surface area contributed by atoms with Gasteiger partial charge in [0.15, 0.2) is 0 Å². The van der Waals surface area contributed by atoms with E-state index in [-0.39, 0.29) is 17.3 Å². The lowest BCUT2D eigenvalue weighted by molar-refractivity contribution is 0.326. The number of hydrogen-bond acceptors (Lipinski definition) is 3. The summed E-state index contributed by atoms with van der Waals surface area (Å²) in [5, 5.41) is 0.869. The molecule has 0 bridgehead atoms. The number of fused-ring (bicyclic) bond motifs is 1. The van der Waals surface area contributed by atoms with Crippen molar-refractivity contribution in [1.82, 2.24) is 4.98 Å². The molecule has 2 aromatic rings. The van der Waals surface area contributed by atoms with Crippen LogP contribution >= 0.6 is 11.3 Å². The van der Waals surface area contributed by atoms with Crippen LogP contribution in [-0.4, -0.2) is 4.98 Å². The van der Waals surface area contributed by atoms with Crippen molar-refractivity contribution in [3.8, 4) is 0 Å². The largest absolute Gasteiger partial charge is 0.322 e. The van der Waals surface area contributed by atoms with Gasteiger partial charge >= 0.3 is 0 Å². The molecule has 2 nitrogen and oxygen atoms in total. The maximum atomic E-state index is 13.0. The van der Waals surface area contributed by atoms with E-state index in [1.165, 1.54) is 23.5 Å². The molecule has 0 saturated heterocycles. The second-order valence-corrected chi connectivity index (χ2v) is 6.07. The van der Waals surface area contributed by atoms with Crippen LogP contribution in [0.25, 0.3) is 10.2 Å². The average molecular weight is 238 g/mol. The smallest absolute Gasteiger partial charge is 0.125 e. The summed E-state index contributed by atoms with van der Waals surface area (Å²) in [7, 11) is 0. The maximum absolute atomic E-state index is 13.0. The zero-order valence-corrected chi connectivity index (χ0v) is 10.4. The van der Waals surface area contributed by atoms with Crippen molar-refractivity contribution in [1.29, 1.82) is 0 Å². The first-order valence-corrected chi connectivity index (χ1v) is 6.01. The van der Waals surface area contributed by atoms with Crippen molar-refractivity contribution in [2.24, 2.45) is 11.1 Å². The monoisotopic (exact) mass is 238 g/mol. The van der Waals surface area contributed by atoms with E-state index >= 15 is 0 Å². The second-order valence-electron chi connectivity index (χ2n) is 5.01. The molecular weight excluding hydrogens is 223 g/mol. The lowest BCUT2D eigenvalue weighted by Gasteiger charge is -2.24. The number of rotatable bonds is 1. The van der Waals surface area contributed by atoms with Gasteiger partial charge in [0.05, 0.1) is 16.3 Å². The van der Waals surface area contributed by atoms with E-state index in [0.29, 0.717) is 5.52 Å². The molecule has 0 spiro atoms. The SMILES string of the molecule is CC(C)(C)C(N)c1nc2cc(F)ccc2s1. The molecule has 1 atom stereocenters. The first-order valence-electron chi connectivity index (χ1n) is 5.19. The summed E-state index contributed by atoms with van der Waals surface area (Å²) in [4.78, 5) is 4.39. The highest BCUT2D eigenvalue weighted by Crippen LogP contribution is 2.35. The minimum Gasteiger partial charge on any atom is -0.322 e. The first-order chi connectivity index (χ1) is 7.38. The average Bonchev–Trinajstić information content (AvgIpc) is 2.57. The lowest BCUT2D eigenvalue weighted by atomic mass is 9.88. The van der Waals surface area contributed by atoms with E-state index in [1.54, 1.807) is 6.07 Å². The number of thiazole rings is 1. The Morgan fingerprint density at radius 2 is 2.06 bits per heavy atom. The van der Waals surface area contributed by atoms with Crippen LogP contribution in [0.15, 0.2) is 18.2 Å². The van der Waals surface area contributed by atoms with Crippen molar-refractivity contribution in [2.75, 3.05) is 0 Å². The van der Waals surface area contributed by atoms with Crippen molar-refractivity contribution >= 4 is 21.6 Å². The van der Waals surface area contributed by atoms with Gasteiger partial charge in [-0.2, -0.15) is 0 Å². The van der Waals surface area contributed by atoms with Gasteiger partial charge in [-0.3, -0.25) is 0 Å². The molecule has 1 aromatic heterocycles. The molecule has 86 valence electrons. The highest BCUT2D eigenvalue weighted by atomic mass is 32.1. The van der Waals surface area contributed by atoms with Crippen molar-refractivity contribution in [3.63, 3.8) is 0 Å². The predicted molar refractivity (Wildman–Crippen MR) is 66.0 cm³/mol. The van der Waals surface area contributed by atoms with Crippen LogP contribution in [0.2, 0.25) is 0 Å². The highest BCUT2D eigenvalue weighted by Gasteiger charge is 2.25. The van der Waals surface area contributed by atoms with Gasteiger partial charge in [0.2, 0.25) is 0 Å². The summed E-state index contributed by atoms with van der Waals surface area (Å²) in [6.07, 6.45) is 0. The summed E-state index contributed by atoms with van der Waals surface area (Å²) in [6.45, 7) is 6.22. The topological polar surface area (TPSA) is 38.9 Å². The third kappa shape index (κ3) is 2.08. The Bertz CT molecular complexity index is 513. The summed E-state index contributed by atoms with van der Waals surface area (Å²) in [6, 6.07) is 4.53. The normalized spacial score (nSPS) is 14.3. The number of hydrogen-bond donors (Lipinski definition) is 1. The lowest BCUT2D eigenvalue weighted by Crippen LogP contribution is -2.25. The summed E-state index contributed by atoms with van der Waals surface area (Å²) in [5.74, 6) is -0.256. The van der Waals surface area contributed by atoms with Gasteiger partial charge in [0.25, 0.3) is 0 Å². The molecule has 0 radical (unpaired) electrons. The Hall–Kier alpha value is -1.00. The van der Waals surface area contributed by atoms with Crippen LogP contribution < -0.4 is 5.73 Å². The summed E-state index contributed by atoms with van der Waals surface area (Å²) >= 11 is 1.54. The van der Waals surface area contributed by atoms with Crippen LogP contribution in [0, 0.1) is 11.2 Å². The molecule has 0 saturated carbocycles. The Morgan fingerprint density at radius 3 is 2.69 bits per heavy atom. The minimum atomic E-state index is -0.256. The second kappa shape index (κ2) is 3.79. The van der Waals surface area contributed by atoms with E-state index in [1.807, 2.05) is 0 Å². The van der Waals surface area contributed by atoms with Gasteiger partial charge in [-0.25, -0.2) is 9.37 Å². The fourth-order valence-corrected chi connectivity index (χ4v) is 2.62. The van der Waals surface area contributed by atoms with E-state index in [2.05, 4.69) is 25.8 Å². The highest BCUT2D eigenvalue weighted by molar-refractivity contribution is 7.18. The predicted octanol–water partition coefficient (Wildman–Crippen LogP) is 3.48. The molecule has 0 aliphatic heterocycles. The van der Waals surface area contributed by atoms with E-state index in [0.717, 1.165) is 9.71 Å². The Labute approximate surface area is 98.3 Å². The van der Waals surface area contributed by atoms with E-state index in [4.69, 9.17) is 5.73 Å². The fourth-order valence-electron chi connectivity index (χ4n) is 1.42. The molecule has 2 rings (SSSR count). The van der Waals surface area contributed by atoms with Crippen LogP contribution in [-0.2, 0) is 0 Å². The van der Waals surface area contributed by atoms with Crippen molar-refractivity contribution in [2.45, 2.75) is 26.8 Å². The fraction of sp³-hybridized carbons (Fsp3) is 0.417. The molecule has 1 unspecified atom stereocenters. The Morgan fingerprint density at radius 1 is 1.38 bits per heavy atom. The number of nitrogens with two attached hydrogens (primary N) is 1. The molecular formula is C12H15FN2S. The van der Waals surface area contributed by atoms with Gasteiger partial charge < -0.3 is 5.73 Å². The number of halogens is 1. The Kier molecular flexibility index (Phi) is 2.72. The maximum Gasteiger partial charge on any atom is 0.125 e. The van der Waals surface area contributed by atoms with Gasteiger partial charge in [-0.1, -0.05) is 20.8 Å². The van der Waals surface area contributed by atoms with Crippen LogP contribution in [0.1, 0.15) is 31.8 Å². The third-order valence-corrected chi connectivity index (χ3v) is 3.68. The molecule has 0 amide bonds. The number of benzene rings is 1. The molecule has 0 aliphatic carbocycles. The van der Waals surface area contributed by atoms with Gasteiger partial charge in [-0.05, 0) is 17.5 Å². The first kappa shape index (κ1) is 11.5. The van der Waals surface area contributed by atoms with Gasteiger partial charge in [0.1, 0.15) is 10.8 Å². The van der Waals surface area contributed by atoms with Crippen LogP contribution in [0.4, 0.5) is 4.39 Å². The third-order valence-electron chi connectivity index (χ3n) is 2.57. The zero-order chi connectivity index (χ0) is 11.9. The quantitative estimate of drug-likeness (QED) is 0.826. The molecule has 16 heavy (non-hydrogen) atoms. The molecule has 4 heteroatoms. The standard InChI is InChI=1S/C12H15FN2S/c1-12(2,3)10(14)11-15-8-6-7(13)4-5-9(8)16-11/h4-6,10H,14H2,1-3H3. The van der Waals surface area contributed by atoms with Gasteiger partial charge in [-0.15, -0.1) is 11.3 Å². The minimum absolute atomic E-state index is 0.0353. The van der Waals surface area contributed by atoms with Crippen molar-refractivity contribution in [3.05, 3.63) is 29.0 Å². The number of nitrogens with zero attached hydrogens (tertiary/aromatic N) is 1. The zero-order valence-electron chi connectivity index (χ0n) is 9.62. The van der Waals surface area contributed by atoms with E-state index in [9.17, 15) is 4.39 Å². The van der Waals surface area contributed by atoms with Crippen LogP contribution in [0.5, 0.6) is 0 Å². The molecule has 1 heterocycles. The molecule has 0 aliphatic rings. The molecule has 1 aromatic carbocycles. The van der Waals surface area contributed by atoms with Crippen molar-refractivity contribution < 1.29 is 4.39 Å². The Balaban J connectivity index is 2.47. The van der Waals surface area contributed by atoms with Crippen LogP contribution in [0.3, 0.4) is 0 Å². The summed E-state index contributed by atoms with van der Waals surface area (Å²) < 4.78 is 14.0. The number of aromatic nitrogens is 1. The molecule has 0 fully saturated rings. The van der Waals surface area contributed by atoms with E-state index < -0.39 is 0 Å².